The first kappa shape index (κ1) is 10.6. The van der Waals surface area contributed by atoms with Crippen LogP contribution in [0.1, 0.15) is 17.5 Å². The molecule has 1 aliphatic heterocycles. The van der Waals surface area contributed by atoms with Gasteiger partial charge in [-0.15, -0.1) is 8.58 Å². The van der Waals surface area contributed by atoms with Gasteiger partial charge in [0.2, 0.25) is 0 Å². The lowest BCUT2D eigenvalue weighted by Gasteiger charge is -2.24. The minimum atomic E-state index is -0.282. The molecule has 15 heavy (non-hydrogen) atoms. The van der Waals surface area contributed by atoms with E-state index in [1.54, 1.807) is 0 Å². The van der Waals surface area contributed by atoms with Crippen LogP contribution in [0.5, 0.6) is 0 Å². The highest BCUT2D eigenvalue weighted by atomic mass is 31.1. The second-order valence-electron chi connectivity index (χ2n) is 4.29. The molecule has 2 rings (SSSR count). The Morgan fingerprint density at radius 3 is 2.87 bits per heavy atom. The van der Waals surface area contributed by atoms with Crippen molar-refractivity contribution >= 4 is 20.6 Å². The molecular weight excluding hydrogens is 205 g/mol. The molecule has 2 unspecified atom stereocenters. The van der Waals surface area contributed by atoms with E-state index in [4.69, 9.17) is 5.73 Å². The monoisotopic (exact) mass is 221 g/mol. The number of aldehydes is 1. The van der Waals surface area contributed by atoms with E-state index in [1.165, 1.54) is 0 Å². The number of carbonyl (C=O) groups is 1. The number of nitrogen functional groups attached to an aromatic ring is 1. The average molecular weight is 221 g/mol. The Bertz CT molecular complexity index is 383. The highest BCUT2D eigenvalue weighted by Crippen LogP contribution is 2.42. The molecule has 0 bridgehead atoms. The van der Waals surface area contributed by atoms with Gasteiger partial charge in [-0.25, -0.2) is 0 Å². The van der Waals surface area contributed by atoms with E-state index in [1.807, 2.05) is 25.1 Å². The van der Waals surface area contributed by atoms with Crippen molar-refractivity contribution in [3.63, 3.8) is 0 Å². The van der Waals surface area contributed by atoms with Gasteiger partial charge in [0.25, 0.3) is 0 Å². The van der Waals surface area contributed by atoms with Gasteiger partial charge in [0.1, 0.15) is 6.29 Å². The topological polar surface area (TPSA) is 43.1 Å². The number of carbonyl (C=O) groups excluding carboxylic acids is 1. The molecule has 1 heterocycles. The Balaban J connectivity index is 2.47. The lowest BCUT2D eigenvalue weighted by atomic mass is 9.80. The quantitative estimate of drug-likeness (QED) is 0.472. The second-order valence-corrected chi connectivity index (χ2v) is 5.65. The van der Waals surface area contributed by atoms with Crippen molar-refractivity contribution in [3.05, 3.63) is 29.3 Å². The van der Waals surface area contributed by atoms with Crippen molar-refractivity contribution in [2.24, 2.45) is 0 Å². The Morgan fingerprint density at radius 1 is 1.53 bits per heavy atom. The molecule has 0 saturated carbocycles. The maximum Gasteiger partial charge on any atom is 0.130 e. The van der Waals surface area contributed by atoms with Crippen molar-refractivity contribution in [2.75, 3.05) is 18.1 Å². The van der Waals surface area contributed by atoms with Crippen LogP contribution in [0.4, 0.5) is 5.69 Å². The minimum absolute atomic E-state index is 0.282. The summed E-state index contributed by atoms with van der Waals surface area (Å²) in [7, 11) is 0.899. The van der Waals surface area contributed by atoms with Gasteiger partial charge in [-0.1, -0.05) is 12.1 Å². The van der Waals surface area contributed by atoms with Crippen LogP contribution >= 0.6 is 8.58 Å². The zero-order chi connectivity index (χ0) is 10.9. The summed E-state index contributed by atoms with van der Waals surface area (Å²) in [6.45, 7) is 2.02. The summed E-state index contributed by atoms with van der Waals surface area (Å²) in [5, 5.41) is 0. The zero-order valence-corrected chi connectivity index (χ0v) is 9.92. The third kappa shape index (κ3) is 1.79. The number of nitrogens with two attached hydrogens (primary N) is 1. The molecule has 1 aromatic carbocycles. The van der Waals surface area contributed by atoms with Gasteiger partial charge >= 0.3 is 0 Å². The van der Waals surface area contributed by atoms with Crippen molar-refractivity contribution in [1.29, 1.82) is 0 Å². The summed E-state index contributed by atoms with van der Waals surface area (Å²) in [6, 6.07) is 6.02. The molecule has 1 aliphatic rings. The summed E-state index contributed by atoms with van der Waals surface area (Å²) in [6.07, 6.45) is 4.20. The van der Waals surface area contributed by atoms with Gasteiger partial charge in [-0.05, 0) is 42.9 Å². The average Bonchev–Trinajstić information content (AvgIpc) is 2.67. The van der Waals surface area contributed by atoms with Gasteiger partial charge in [0, 0.05) is 5.69 Å². The van der Waals surface area contributed by atoms with E-state index in [0.717, 1.165) is 50.4 Å². The van der Waals surface area contributed by atoms with Crippen molar-refractivity contribution in [2.45, 2.75) is 18.8 Å². The maximum atomic E-state index is 11.3. The fraction of sp³-hybridized carbons (Fsp3) is 0.417. The predicted octanol–water partition coefficient (Wildman–Crippen LogP) is 2.10. The SMILES string of the molecule is Cc1ccc(C2(C=O)CCPC2)c(N)c1. The zero-order valence-electron chi connectivity index (χ0n) is 8.92. The Hall–Kier alpha value is -0.880. The summed E-state index contributed by atoms with van der Waals surface area (Å²) in [4.78, 5) is 11.3. The van der Waals surface area contributed by atoms with Crippen molar-refractivity contribution < 1.29 is 4.79 Å². The molecule has 0 aromatic heterocycles. The third-order valence-electron chi connectivity index (χ3n) is 3.16. The highest BCUT2D eigenvalue weighted by Gasteiger charge is 2.36. The Labute approximate surface area is 92.0 Å². The Morgan fingerprint density at radius 2 is 2.33 bits per heavy atom. The molecule has 1 aromatic rings. The molecule has 1 saturated heterocycles. The van der Waals surface area contributed by atoms with Crippen LogP contribution in [-0.4, -0.2) is 18.6 Å². The first-order valence-corrected chi connectivity index (χ1v) is 6.63. The molecule has 0 amide bonds. The van der Waals surface area contributed by atoms with Crippen LogP contribution in [0.25, 0.3) is 0 Å². The Kier molecular flexibility index (Phi) is 2.79. The van der Waals surface area contributed by atoms with Gasteiger partial charge in [0.15, 0.2) is 0 Å². The molecule has 3 heteroatoms. The maximum absolute atomic E-state index is 11.3. The number of hydrogen-bond acceptors (Lipinski definition) is 2. The van der Waals surface area contributed by atoms with Gasteiger partial charge < -0.3 is 10.5 Å². The summed E-state index contributed by atoms with van der Waals surface area (Å²) in [5.41, 5.74) is 8.68. The van der Waals surface area contributed by atoms with E-state index in [0.29, 0.717) is 0 Å². The summed E-state index contributed by atoms with van der Waals surface area (Å²) in [5.74, 6) is 0. The molecule has 0 radical (unpaired) electrons. The van der Waals surface area contributed by atoms with Crippen LogP contribution < -0.4 is 5.73 Å². The number of aryl methyl sites for hydroxylation is 1. The van der Waals surface area contributed by atoms with Gasteiger partial charge in [0.05, 0.1) is 5.41 Å². The minimum Gasteiger partial charge on any atom is -0.398 e. The smallest absolute Gasteiger partial charge is 0.130 e. The van der Waals surface area contributed by atoms with Crippen LogP contribution in [0.15, 0.2) is 18.2 Å². The largest absolute Gasteiger partial charge is 0.398 e. The normalized spacial score (nSPS) is 27.0. The van der Waals surface area contributed by atoms with E-state index in [2.05, 4.69) is 0 Å². The van der Waals surface area contributed by atoms with Crippen LogP contribution in [-0.2, 0) is 10.2 Å². The fourth-order valence-corrected chi connectivity index (χ4v) is 3.94. The lowest BCUT2D eigenvalue weighted by molar-refractivity contribution is -0.111. The van der Waals surface area contributed by atoms with Gasteiger partial charge in [-0.3, -0.25) is 0 Å². The lowest BCUT2D eigenvalue weighted by Crippen LogP contribution is -2.28. The summed E-state index contributed by atoms with van der Waals surface area (Å²) >= 11 is 0. The molecule has 2 atom stereocenters. The van der Waals surface area contributed by atoms with Crippen LogP contribution in [0.2, 0.25) is 0 Å². The summed E-state index contributed by atoms with van der Waals surface area (Å²) < 4.78 is 0. The van der Waals surface area contributed by atoms with E-state index < -0.39 is 0 Å². The van der Waals surface area contributed by atoms with Crippen molar-refractivity contribution in [3.8, 4) is 0 Å². The third-order valence-corrected chi connectivity index (χ3v) is 4.64. The number of rotatable bonds is 2. The molecular formula is C12H16NOP. The number of benzene rings is 1. The van der Waals surface area contributed by atoms with E-state index in [-0.39, 0.29) is 5.41 Å². The van der Waals surface area contributed by atoms with E-state index in [9.17, 15) is 4.79 Å². The van der Waals surface area contributed by atoms with E-state index >= 15 is 0 Å². The number of anilines is 1. The molecule has 80 valence electrons. The predicted molar refractivity (Wildman–Crippen MR) is 66.0 cm³/mol. The standard InChI is InChI=1S/C12H16NOP/c1-9-2-3-10(11(13)6-9)12(7-14)4-5-15-8-12/h2-3,6-7,15H,4-5,8,13H2,1H3. The first-order valence-electron chi connectivity index (χ1n) is 5.22. The molecule has 2 nitrogen and oxygen atoms in total. The van der Waals surface area contributed by atoms with Crippen molar-refractivity contribution in [1.82, 2.24) is 0 Å². The molecule has 1 fully saturated rings. The second kappa shape index (κ2) is 3.94. The first-order chi connectivity index (χ1) is 7.18. The van der Waals surface area contributed by atoms with Crippen LogP contribution in [0.3, 0.4) is 0 Å². The van der Waals surface area contributed by atoms with Crippen LogP contribution in [0, 0.1) is 6.92 Å². The molecule has 2 N–H and O–H groups in total. The molecule has 0 spiro atoms. The fourth-order valence-electron chi connectivity index (χ4n) is 2.24. The van der Waals surface area contributed by atoms with Gasteiger partial charge in [-0.2, -0.15) is 0 Å². The molecule has 0 aliphatic carbocycles. The number of hydrogen-bond donors (Lipinski definition) is 1. The highest BCUT2D eigenvalue weighted by molar-refractivity contribution is 7.38.